The Hall–Kier alpha value is -3.54. The number of benzene rings is 2. The van der Waals surface area contributed by atoms with E-state index in [2.05, 4.69) is 6.92 Å². The molecule has 0 atom stereocenters. The van der Waals surface area contributed by atoms with Gasteiger partial charge in [0.1, 0.15) is 18.9 Å². The van der Waals surface area contributed by atoms with Crippen LogP contribution in [0.2, 0.25) is 0 Å². The predicted molar refractivity (Wildman–Crippen MR) is 191 cm³/mol. The van der Waals surface area contributed by atoms with E-state index < -0.39 is 12.0 Å². The summed E-state index contributed by atoms with van der Waals surface area (Å²) in [6.45, 7) is 5.58. The molecular formula is C40H57IN2O7. The molecular weight excluding hydrogens is 747 g/mol. The first kappa shape index (κ1) is 42.6. The van der Waals surface area contributed by atoms with Crippen LogP contribution in [-0.4, -0.2) is 44.8 Å². The summed E-state index contributed by atoms with van der Waals surface area (Å²) in [5, 5.41) is 0. The summed E-state index contributed by atoms with van der Waals surface area (Å²) in [6, 6.07) is 14.1. The van der Waals surface area contributed by atoms with Gasteiger partial charge in [-0.05, 0) is 48.7 Å². The van der Waals surface area contributed by atoms with E-state index in [1.807, 2.05) is 36.0 Å². The maximum atomic E-state index is 13.7. The second-order valence-electron chi connectivity index (χ2n) is 12.3. The van der Waals surface area contributed by atoms with Gasteiger partial charge in [0.2, 0.25) is 5.75 Å². The van der Waals surface area contributed by atoms with Crippen LogP contribution in [0.4, 0.5) is 4.79 Å². The number of carbonyl (C=O) groups excluding carboxylic acids is 2. The minimum absolute atomic E-state index is 0. The lowest BCUT2D eigenvalue weighted by Crippen LogP contribution is -3.00. The third-order valence-corrected chi connectivity index (χ3v) is 8.60. The van der Waals surface area contributed by atoms with Gasteiger partial charge in [-0.15, -0.1) is 0 Å². The predicted octanol–water partition coefficient (Wildman–Crippen LogP) is 6.08. The summed E-state index contributed by atoms with van der Waals surface area (Å²) < 4.78 is 30.5. The van der Waals surface area contributed by atoms with Crippen LogP contribution in [-0.2, 0) is 24.4 Å². The fraction of sp³-hybridized carbons (Fsp3) is 0.525. The number of methoxy groups -OCH3 is 3. The lowest BCUT2D eigenvalue weighted by Gasteiger charge is -2.22. The number of aryl methyl sites for hydroxylation is 1. The molecule has 0 unspecified atom stereocenters. The summed E-state index contributed by atoms with van der Waals surface area (Å²) in [6.07, 6.45) is 18.3. The first-order chi connectivity index (χ1) is 23.9. The van der Waals surface area contributed by atoms with Gasteiger partial charge in [0.25, 0.3) is 5.91 Å². The minimum atomic E-state index is -0.784. The van der Waals surface area contributed by atoms with Crippen LogP contribution >= 0.6 is 0 Å². The van der Waals surface area contributed by atoms with Gasteiger partial charge in [-0.2, -0.15) is 0 Å². The van der Waals surface area contributed by atoms with E-state index in [1.54, 1.807) is 50.6 Å². The largest absolute Gasteiger partial charge is 1.00 e. The molecule has 0 aliphatic carbocycles. The number of ether oxygens (including phenoxy) is 5. The molecule has 0 spiro atoms. The Morgan fingerprint density at radius 1 is 0.680 bits per heavy atom. The zero-order valence-electron chi connectivity index (χ0n) is 30.7. The molecule has 0 bridgehead atoms. The van der Waals surface area contributed by atoms with E-state index in [9.17, 15) is 9.59 Å². The van der Waals surface area contributed by atoms with Crippen molar-refractivity contribution in [1.82, 2.24) is 4.90 Å². The second kappa shape index (κ2) is 24.6. The van der Waals surface area contributed by atoms with Gasteiger partial charge in [-0.25, -0.2) is 14.3 Å². The number of imide groups is 1. The molecule has 2 aromatic carbocycles. The Kier molecular flexibility index (Phi) is 21.0. The molecule has 3 rings (SSSR count). The Balaban J connectivity index is 0.00000867. The average molecular weight is 805 g/mol. The Labute approximate surface area is 316 Å². The summed E-state index contributed by atoms with van der Waals surface area (Å²) in [5.74, 6) is 1.34. The fourth-order valence-electron chi connectivity index (χ4n) is 5.67. The number of aromatic nitrogens is 1. The maximum absolute atomic E-state index is 13.7. The highest BCUT2D eigenvalue weighted by molar-refractivity contribution is 6.04. The van der Waals surface area contributed by atoms with Gasteiger partial charge in [0.05, 0.1) is 40.0 Å². The van der Waals surface area contributed by atoms with Crippen LogP contribution in [0.15, 0.2) is 60.9 Å². The van der Waals surface area contributed by atoms with Crippen molar-refractivity contribution in [3.63, 3.8) is 0 Å². The molecule has 0 saturated carbocycles. The molecule has 1 aromatic heterocycles. The van der Waals surface area contributed by atoms with Crippen molar-refractivity contribution in [2.24, 2.45) is 0 Å². The third kappa shape index (κ3) is 14.0. The van der Waals surface area contributed by atoms with Crippen LogP contribution in [0.3, 0.4) is 0 Å². The van der Waals surface area contributed by atoms with Gasteiger partial charge < -0.3 is 47.7 Å². The highest BCUT2D eigenvalue weighted by atomic mass is 127. The van der Waals surface area contributed by atoms with Crippen molar-refractivity contribution in [1.29, 1.82) is 0 Å². The highest BCUT2D eigenvalue weighted by Crippen LogP contribution is 2.39. The number of para-hydroxylation sites is 1. The smallest absolute Gasteiger partial charge is 0.417 e. The zero-order chi connectivity index (χ0) is 35.3. The number of nitrogens with zero attached hydrogens (tertiary/aromatic N) is 2. The number of hydrogen-bond acceptors (Lipinski definition) is 7. The normalized spacial score (nSPS) is 10.6. The van der Waals surface area contributed by atoms with Crippen molar-refractivity contribution >= 4 is 12.0 Å². The standard InChI is InChI=1S/C40H57N2O7.HI/c1-6-8-9-10-11-12-13-14-15-16-17-20-27-48-38-36(46-4)28-33(29-37(38)47-5)31-49-40(44)42(30-32-23-25-41(7-2)26-24-32)39(43)34-21-18-19-22-35(34)45-3;/h18-19,21-26,28-29H,6-17,20,27,30-31H2,1-5H3;1H/q+1;/p-1. The molecule has 0 saturated heterocycles. The maximum Gasteiger partial charge on any atom is 0.417 e. The summed E-state index contributed by atoms with van der Waals surface area (Å²) in [7, 11) is 4.62. The van der Waals surface area contributed by atoms with Crippen LogP contribution in [0, 0.1) is 0 Å². The molecule has 0 N–H and O–H groups in total. The van der Waals surface area contributed by atoms with Gasteiger partial charge >= 0.3 is 6.09 Å². The Bertz CT molecular complexity index is 1390. The van der Waals surface area contributed by atoms with Crippen molar-refractivity contribution in [2.75, 3.05) is 27.9 Å². The monoisotopic (exact) mass is 804 g/mol. The zero-order valence-corrected chi connectivity index (χ0v) is 32.9. The number of unbranched alkanes of at least 4 members (excludes halogenated alkanes) is 11. The summed E-state index contributed by atoms with van der Waals surface area (Å²) in [5.41, 5.74) is 1.68. The van der Waals surface area contributed by atoms with Crippen molar-refractivity contribution in [3.05, 3.63) is 77.6 Å². The highest BCUT2D eigenvalue weighted by Gasteiger charge is 2.27. The average Bonchev–Trinajstić information content (AvgIpc) is 3.14. The fourth-order valence-corrected chi connectivity index (χ4v) is 5.67. The van der Waals surface area contributed by atoms with Crippen LogP contribution < -0.4 is 47.5 Å². The van der Waals surface area contributed by atoms with E-state index in [0.29, 0.717) is 35.2 Å². The first-order valence-corrected chi connectivity index (χ1v) is 17.9. The van der Waals surface area contributed by atoms with E-state index in [4.69, 9.17) is 23.7 Å². The lowest BCUT2D eigenvalue weighted by atomic mass is 10.1. The third-order valence-electron chi connectivity index (χ3n) is 8.60. The number of pyridine rings is 1. The molecule has 1 heterocycles. The van der Waals surface area contributed by atoms with E-state index in [0.717, 1.165) is 29.8 Å². The number of hydrogen-bond donors (Lipinski definition) is 0. The van der Waals surface area contributed by atoms with E-state index in [-0.39, 0.29) is 42.7 Å². The first-order valence-electron chi connectivity index (χ1n) is 17.9. The van der Waals surface area contributed by atoms with Crippen molar-refractivity contribution < 1.29 is 61.8 Å². The summed E-state index contributed by atoms with van der Waals surface area (Å²) >= 11 is 0. The lowest BCUT2D eigenvalue weighted by molar-refractivity contribution is -0.693. The molecule has 0 fully saturated rings. The molecule has 50 heavy (non-hydrogen) atoms. The molecule has 276 valence electrons. The number of rotatable bonds is 23. The number of carbonyl (C=O) groups is 2. The van der Waals surface area contributed by atoms with Gasteiger partial charge in [0.15, 0.2) is 23.9 Å². The van der Waals surface area contributed by atoms with Crippen LogP contribution in [0.25, 0.3) is 0 Å². The van der Waals surface area contributed by atoms with E-state index >= 15 is 0 Å². The van der Waals surface area contributed by atoms with Gasteiger partial charge in [0, 0.05) is 12.1 Å². The van der Waals surface area contributed by atoms with Gasteiger partial charge in [-0.1, -0.05) is 89.7 Å². The topological polar surface area (TPSA) is 87.4 Å². The SMILES string of the molecule is CCCCCCCCCCCCCCOc1c(OC)cc(COC(=O)N(Cc2cc[n+](CC)cc2)C(=O)c2ccccc2OC)cc1OC.[I-]. The quantitative estimate of drug-likeness (QED) is 0.0653. The molecule has 0 aliphatic heterocycles. The molecule has 10 heteroatoms. The second-order valence-corrected chi connectivity index (χ2v) is 12.3. The Morgan fingerprint density at radius 3 is 1.76 bits per heavy atom. The van der Waals surface area contributed by atoms with Crippen molar-refractivity contribution in [3.8, 4) is 23.0 Å². The van der Waals surface area contributed by atoms with Crippen molar-refractivity contribution in [2.45, 2.75) is 111 Å². The molecule has 3 aromatic rings. The molecule has 9 nitrogen and oxygen atoms in total. The number of halogens is 1. The molecule has 0 radical (unpaired) electrons. The van der Waals surface area contributed by atoms with Crippen LogP contribution in [0.1, 0.15) is 112 Å². The van der Waals surface area contributed by atoms with E-state index in [1.165, 1.54) is 71.3 Å². The summed E-state index contributed by atoms with van der Waals surface area (Å²) in [4.78, 5) is 28.3. The Morgan fingerprint density at radius 2 is 1.22 bits per heavy atom. The number of amides is 2. The van der Waals surface area contributed by atoms with Crippen LogP contribution in [0.5, 0.6) is 23.0 Å². The molecule has 0 aliphatic rings. The minimum Gasteiger partial charge on any atom is -1.00 e. The van der Waals surface area contributed by atoms with Gasteiger partial charge in [-0.3, -0.25) is 4.79 Å². The molecule has 2 amide bonds.